The van der Waals surface area contributed by atoms with Gasteiger partial charge in [-0.1, -0.05) is 32.0 Å². The number of aryl methyl sites for hydroxylation is 2. The van der Waals surface area contributed by atoms with Crippen molar-refractivity contribution in [2.24, 2.45) is 17.6 Å². The minimum absolute atomic E-state index is 0.0127. The molecule has 1 aliphatic rings. The van der Waals surface area contributed by atoms with Crippen LogP contribution in [0, 0.1) is 25.7 Å². The van der Waals surface area contributed by atoms with Gasteiger partial charge in [-0.2, -0.15) is 0 Å². The zero-order chi connectivity index (χ0) is 13.3. The second kappa shape index (κ2) is 5.05. The van der Waals surface area contributed by atoms with Gasteiger partial charge in [0, 0.05) is 5.54 Å². The summed E-state index contributed by atoms with van der Waals surface area (Å²) in [6.07, 6.45) is 4.71. The Labute approximate surface area is 112 Å². The average Bonchev–Trinajstić information content (AvgIpc) is 2.21. The third-order valence-corrected chi connectivity index (χ3v) is 4.44. The van der Waals surface area contributed by atoms with Crippen LogP contribution < -0.4 is 5.73 Å². The zero-order valence-corrected chi connectivity index (χ0v) is 12.3. The second-order valence-corrected chi connectivity index (χ2v) is 6.81. The van der Waals surface area contributed by atoms with Crippen LogP contribution in [0.25, 0.3) is 0 Å². The first-order valence-electron chi connectivity index (χ1n) is 7.23. The quantitative estimate of drug-likeness (QED) is 0.837. The van der Waals surface area contributed by atoms with Gasteiger partial charge in [-0.05, 0) is 68.1 Å². The van der Waals surface area contributed by atoms with Crippen LogP contribution in [0.15, 0.2) is 18.2 Å². The topological polar surface area (TPSA) is 26.0 Å². The first kappa shape index (κ1) is 13.6. The molecule has 1 fully saturated rings. The standard InChI is InChI=1S/C17H27N/c1-12-7-13(2)10-17(18,9-12)11-16-6-5-14(3)15(4)8-16/h5-6,8,12-13H,7,9-11,18H2,1-4H3. The molecule has 2 unspecified atom stereocenters. The van der Waals surface area contributed by atoms with Crippen molar-refractivity contribution in [2.75, 3.05) is 0 Å². The van der Waals surface area contributed by atoms with E-state index in [1.54, 1.807) is 0 Å². The van der Waals surface area contributed by atoms with E-state index in [4.69, 9.17) is 5.73 Å². The summed E-state index contributed by atoms with van der Waals surface area (Å²) in [5.41, 5.74) is 10.8. The number of hydrogen-bond donors (Lipinski definition) is 1. The lowest BCUT2D eigenvalue weighted by atomic mass is 9.70. The fraction of sp³-hybridized carbons (Fsp3) is 0.647. The summed E-state index contributed by atoms with van der Waals surface area (Å²) in [5.74, 6) is 1.54. The van der Waals surface area contributed by atoms with Crippen LogP contribution in [-0.2, 0) is 6.42 Å². The maximum absolute atomic E-state index is 6.66. The molecular weight excluding hydrogens is 218 g/mol. The van der Waals surface area contributed by atoms with Crippen molar-refractivity contribution in [2.45, 2.75) is 58.9 Å². The number of rotatable bonds is 2. The van der Waals surface area contributed by atoms with Gasteiger partial charge in [0.1, 0.15) is 0 Å². The van der Waals surface area contributed by atoms with E-state index in [1.165, 1.54) is 36.0 Å². The Morgan fingerprint density at radius 3 is 2.28 bits per heavy atom. The minimum atomic E-state index is 0.0127. The van der Waals surface area contributed by atoms with Gasteiger partial charge >= 0.3 is 0 Å². The lowest BCUT2D eigenvalue weighted by molar-refractivity contribution is 0.182. The van der Waals surface area contributed by atoms with Crippen molar-refractivity contribution in [3.63, 3.8) is 0 Å². The summed E-state index contributed by atoms with van der Waals surface area (Å²) >= 11 is 0. The number of hydrogen-bond acceptors (Lipinski definition) is 1. The molecule has 1 saturated carbocycles. The lowest BCUT2D eigenvalue weighted by Crippen LogP contribution is -2.48. The summed E-state index contributed by atoms with van der Waals surface area (Å²) in [4.78, 5) is 0. The predicted octanol–water partition coefficient (Wildman–Crippen LogP) is 4.00. The Hall–Kier alpha value is -0.820. The van der Waals surface area contributed by atoms with Gasteiger partial charge in [0.05, 0.1) is 0 Å². The van der Waals surface area contributed by atoms with Crippen LogP contribution in [0.5, 0.6) is 0 Å². The van der Waals surface area contributed by atoms with Crippen molar-refractivity contribution >= 4 is 0 Å². The highest BCUT2D eigenvalue weighted by molar-refractivity contribution is 5.31. The monoisotopic (exact) mass is 245 g/mol. The maximum atomic E-state index is 6.66. The molecule has 1 aromatic rings. The van der Waals surface area contributed by atoms with Gasteiger partial charge in [0.25, 0.3) is 0 Å². The van der Waals surface area contributed by atoms with Crippen molar-refractivity contribution in [3.8, 4) is 0 Å². The third-order valence-electron chi connectivity index (χ3n) is 4.44. The van der Waals surface area contributed by atoms with Crippen molar-refractivity contribution in [3.05, 3.63) is 34.9 Å². The van der Waals surface area contributed by atoms with Crippen LogP contribution in [0.3, 0.4) is 0 Å². The molecule has 1 aliphatic carbocycles. The predicted molar refractivity (Wildman–Crippen MR) is 78.7 cm³/mol. The van der Waals surface area contributed by atoms with E-state index in [0.29, 0.717) is 0 Å². The first-order chi connectivity index (χ1) is 8.38. The molecule has 0 bridgehead atoms. The Bertz CT molecular complexity index is 412. The van der Waals surface area contributed by atoms with Gasteiger partial charge in [-0.15, -0.1) is 0 Å². The lowest BCUT2D eigenvalue weighted by Gasteiger charge is -2.40. The number of benzene rings is 1. The van der Waals surface area contributed by atoms with E-state index < -0.39 is 0 Å². The van der Waals surface area contributed by atoms with Crippen LogP contribution >= 0.6 is 0 Å². The van der Waals surface area contributed by atoms with E-state index in [-0.39, 0.29) is 5.54 Å². The van der Waals surface area contributed by atoms with Crippen molar-refractivity contribution in [1.82, 2.24) is 0 Å². The van der Waals surface area contributed by atoms with Gasteiger partial charge in [-0.3, -0.25) is 0 Å². The van der Waals surface area contributed by atoms with Gasteiger partial charge in [0.2, 0.25) is 0 Å². The molecule has 2 atom stereocenters. The molecule has 1 nitrogen and oxygen atoms in total. The Morgan fingerprint density at radius 2 is 1.72 bits per heavy atom. The fourth-order valence-corrected chi connectivity index (χ4v) is 3.79. The van der Waals surface area contributed by atoms with Crippen LogP contribution in [0.1, 0.15) is 49.8 Å². The molecule has 0 spiro atoms. The van der Waals surface area contributed by atoms with E-state index in [1.807, 2.05) is 0 Å². The van der Waals surface area contributed by atoms with Gasteiger partial charge in [0.15, 0.2) is 0 Å². The zero-order valence-electron chi connectivity index (χ0n) is 12.3. The van der Waals surface area contributed by atoms with Crippen molar-refractivity contribution < 1.29 is 0 Å². The molecule has 0 aromatic heterocycles. The van der Waals surface area contributed by atoms with Crippen LogP contribution in [0.2, 0.25) is 0 Å². The maximum Gasteiger partial charge on any atom is 0.0200 e. The molecule has 1 aromatic carbocycles. The van der Waals surface area contributed by atoms with Crippen LogP contribution in [0.4, 0.5) is 0 Å². The Kier molecular flexibility index (Phi) is 3.82. The molecule has 2 rings (SSSR count). The smallest absolute Gasteiger partial charge is 0.0200 e. The highest BCUT2D eigenvalue weighted by Gasteiger charge is 2.34. The summed E-state index contributed by atoms with van der Waals surface area (Å²) in [6, 6.07) is 6.79. The molecule has 2 N–H and O–H groups in total. The SMILES string of the molecule is Cc1ccc(CC2(N)CC(C)CC(C)C2)cc1C. The molecule has 0 heterocycles. The largest absolute Gasteiger partial charge is 0.325 e. The molecule has 100 valence electrons. The highest BCUT2D eigenvalue weighted by Crippen LogP contribution is 2.36. The normalized spacial score (nSPS) is 32.5. The third kappa shape index (κ3) is 3.14. The summed E-state index contributed by atoms with van der Waals surface area (Å²) in [7, 11) is 0. The van der Waals surface area contributed by atoms with E-state index >= 15 is 0 Å². The van der Waals surface area contributed by atoms with Gasteiger partial charge < -0.3 is 5.73 Å². The molecule has 0 amide bonds. The number of nitrogens with two attached hydrogens (primary N) is 1. The summed E-state index contributed by atoms with van der Waals surface area (Å²) < 4.78 is 0. The van der Waals surface area contributed by atoms with E-state index in [2.05, 4.69) is 45.9 Å². The molecule has 18 heavy (non-hydrogen) atoms. The molecule has 0 saturated heterocycles. The molecule has 0 radical (unpaired) electrons. The van der Waals surface area contributed by atoms with Crippen LogP contribution in [-0.4, -0.2) is 5.54 Å². The van der Waals surface area contributed by atoms with Gasteiger partial charge in [-0.25, -0.2) is 0 Å². The molecule has 1 heteroatoms. The highest BCUT2D eigenvalue weighted by atomic mass is 14.8. The van der Waals surface area contributed by atoms with Crippen molar-refractivity contribution in [1.29, 1.82) is 0 Å². The summed E-state index contributed by atoms with van der Waals surface area (Å²) in [6.45, 7) is 9.05. The van der Waals surface area contributed by atoms with E-state index in [9.17, 15) is 0 Å². The molecular formula is C17H27N. The molecule has 0 aliphatic heterocycles. The summed E-state index contributed by atoms with van der Waals surface area (Å²) in [5, 5.41) is 0. The fourth-order valence-electron chi connectivity index (χ4n) is 3.79. The Morgan fingerprint density at radius 1 is 1.11 bits per heavy atom. The average molecular weight is 245 g/mol. The van der Waals surface area contributed by atoms with E-state index in [0.717, 1.165) is 18.3 Å². The minimum Gasteiger partial charge on any atom is -0.325 e. The second-order valence-electron chi connectivity index (χ2n) is 6.81. The Balaban J connectivity index is 2.13. The first-order valence-corrected chi connectivity index (χ1v) is 7.23.